The van der Waals surface area contributed by atoms with Gasteiger partial charge in [0, 0.05) is 0 Å². The summed E-state index contributed by atoms with van der Waals surface area (Å²) in [6.45, 7) is 9.45. The van der Waals surface area contributed by atoms with Gasteiger partial charge in [-0.25, -0.2) is 19.2 Å². The topological polar surface area (TPSA) is 163 Å². The van der Waals surface area contributed by atoms with Gasteiger partial charge in [-0.2, -0.15) is 0 Å². The molecular formula is C21H30N2O10. The SMILES string of the molecule is C=CC(=O)NCC(C)OC(=O)C(=O)OCCCCCOC(=O)C(=O)OC(C)CNC(=O)C=C. The van der Waals surface area contributed by atoms with Gasteiger partial charge in [-0.1, -0.05) is 13.2 Å². The van der Waals surface area contributed by atoms with Crippen LogP contribution in [-0.4, -0.2) is 74.2 Å². The minimum Gasteiger partial charge on any atom is -0.457 e. The van der Waals surface area contributed by atoms with Crippen molar-refractivity contribution in [2.24, 2.45) is 0 Å². The Balaban J connectivity index is 3.88. The summed E-state index contributed by atoms with van der Waals surface area (Å²) in [5.41, 5.74) is 0. The van der Waals surface area contributed by atoms with Gasteiger partial charge >= 0.3 is 23.9 Å². The highest BCUT2D eigenvalue weighted by Crippen LogP contribution is 2.00. The van der Waals surface area contributed by atoms with Crippen LogP contribution >= 0.6 is 0 Å². The lowest BCUT2D eigenvalue weighted by molar-refractivity contribution is -0.170. The fraction of sp³-hybridized carbons (Fsp3) is 0.524. The average Bonchev–Trinajstić information content (AvgIpc) is 2.79. The van der Waals surface area contributed by atoms with Gasteiger partial charge in [0.05, 0.1) is 26.3 Å². The first-order valence-corrected chi connectivity index (χ1v) is 10.2. The maximum Gasteiger partial charge on any atom is 0.417 e. The molecule has 2 amide bonds. The third kappa shape index (κ3) is 14.9. The van der Waals surface area contributed by atoms with Gasteiger partial charge in [0.1, 0.15) is 12.2 Å². The second-order valence-corrected chi connectivity index (χ2v) is 6.66. The molecule has 0 bridgehead atoms. The van der Waals surface area contributed by atoms with Crippen molar-refractivity contribution >= 4 is 35.7 Å². The molecule has 0 radical (unpaired) electrons. The zero-order chi connectivity index (χ0) is 25.2. The number of esters is 4. The Morgan fingerprint density at radius 3 is 1.36 bits per heavy atom. The van der Waals surface area contributed by atoms with Gasteiger partial charge in [0.25, 0.3) is 0 Å². The largest absolute Gasteiger partial charge is 0.457 e. The molecule has 0 aromatic rings. The predicted molar refractivity (Wildman–Crippen MR) is 113 cm³/mol. The van der Waals surface area contributed by atoms with Gasteiger partial charge in [0.15, 0.2) is 0 Å². The lowest BCUT2D eigenvalue weighted by Gasteiger charge is -2.13. The molecule has 184 valence electrons. The molecule has 0 aliphatic rings. The Morgan fingerprint density at radius 2 is 1.03 bits per heavy atom. The predicted octanol–water partition coefficient (Wildman–Crippen LogP) is -0.289. The summed E-state index contributed by atoms with van der Waals surface area (Å²) in [7, 11) is 0. The van der Waals surface area contributed by atoms with Gasteiger partial charge in [-0.05, 0) is 45.3 Å². The minimum absolute atomic E-state index is 0.0148. The van der Waals surface area contributed by atoms with Crippen molar-refractivity contribution in [3.05, 3.63) is 25.3 Å². The van der Waals surface area contributed by atoms with Crippen LogP contribution in [0.2, 0.25) is 0 Å². The Hall–Kier alpha value is -3.70. The Labute approximate surface area is 191 Å². The number of ether oxygens (including phenoxy) is 4. The molecule has 2 N–H and O–H groups in total. The second-order valence-electron chi connectivity index (χ2n) is 6.66. The molecule has 0 saturated carbocycles. The van der Waals surface area contributed by atoms with Crippen molar-refractivity contribution in [2.75, 3.05) is 26.3 Å². The van der Waals surface area contributed by atoms with E-state index in [0.29, 0.717) is 19.3 Å². The smallest absolute Gasteiger partial charge is 0.417 e. The van der Waals surface area contributed by atoms with E-state index < -0.39 is 47.9 Å². The van der Waals surface area contributed by atoms with Gasteiger partial charge in [0.2, 0.25) is 11.8 Å². The summed E-state index contributed by atoms with van der Waals surface area (Å²) in [6.07, 6.45) is 1.90. The van der Waals surface area contributed by atoms with E-state index in [2.05, 4.69) is 23.8 Å². The molecule has 0 aromatic heterocycles. The van der Waals surface area contributed by atoms with Gasteiger partial charge < -0.3 is 29.6 Å². The summed E-state index contributed by atoms with van der Waals surface area (Å²) >= 11 is 0. The fourth-order valence-corrected chi connectivity index (χ4v) is 2.01. The Bertz CT molecular complexity index is 675. The van der Waals surface area contributed by atoms with Crippen molar-refractivity contribution in [1.82, 2.24) is 10.6 Å². The zero-order valence-corrected chi connectivity index (χ0v) is 18.8. The number of unbranched alkanes of at least 4 members (excludes halogenated alkanes) is 2. The summed E-state index contributed by atoms with van der Waals surface area (Å²) < 4.78 is 19.2. The van der Waals surface area contributed by atoms with Crippen LogP contribution in [0.3, 0.4) is 0 Å². The lowest BCUT2D eigenvalue weighted by Crippen LogP contribution is -2.34. The quantitative estimate of drug-likeness (QED) is 0.113. The summed E-state index contributed by atoms with van der Waals surface area (Å²) in [6, 6.07) is 0. The van der Waals surface area contributed by atoms with Crippen molar-refractivity contribution in [3.8, 4) is 0 Å². The van der Waals surface area contributed by atoms with E-state index in [4.69, 9.17) is 18.9 Å². The van der Waals surface area contributed by atoms with E-state index >= 15 is 0 Å². The standard InChI is InChI=1S/C21H30N2O10/c1-5-16(24)22-12-14(3)32-20(28)18(26)30-10-8-7-9-11-31-19(27)21(29)33-15(4)13-23-17(25)6-2/h5-6,14-15H,1-2,7-13H2,3-4H3,(H,22,24)(H,23,25). The highest BCUT2D eigenvalue weighted by atomic mass is 16.6. The van der Waals surface area contributed by atoms with Crippen LogP contribution in [0.5, 0.6) is 0 Å². The van der Waals surface area contributed by atoms with Crippen LogP contribution < -0.4 is 10.6 Å². The fourth-order valence-electron chi connectivity index (χ4n) is 2.01. The van der Waals surface area contributed by atoms with Crippen LogP contribution in [0, 0.1) is 0 Å². The van der Waals surface area contributed by atoms with Crippen LogP contribution in [0.15, 0.2) is 25.3 Å². The lowest BCUT2D eigenvalue weighted by atomic mass is 10.2. The Morgan fingerprint density at radius 1 is 0.667 bits per heavy atom. The minimum atomic E-state index is -1.18. The van der Waals surface area contributed by atoms with Crippen LogP contribution in [0.1, 0.15) is 33.1 Å². The number of amides is 2. The summed E-state index contributed by atoms with van der Waals surface area (Å²) in [4.78, 5) is 68.3. The summed E-state index contributed by atoms with van der Waals surface area (Å²) in [5, 5.41) is 4.83. The van der Waals surface area contributed by atoms with Crippen molar-refractivity contribution < 1.29 is 47.7 Å². The van der Waals surface area contributed by atoms with Crippen LogP contribution in [0.4, 0.5) is 0 Å². The first kappa shape index (κ1) is 29.3. The number of carbonyl (C=O) groups excluding carboxylic acids is 6. The number of hydrogen-bond donors (Lipinski definition) is 2. The molecule has 2 unspecified atom stereocenters. The molecule has 0 spiro atoms. The average molecular weight is 470 g/mol. The third-order valence-corrected chi connectivity index (χ3v) is 3.70. The van der Waals surface area contributed by atoms with Crippen molar-refractivity contribution in [3.63, 3.8) is 0 Å². The van der Waals surface area contributed by atoms with E-state index in [-0.39, 0.29) is 26.3 Å². The third-order valence-electron chi connectivity index (χ3n) is 3.70. The maximum absolute atomic E-state index is 11.6. The first-order chi connectivity index (χ1) is 15.6. The van der Waals surface area contributed by atoms with Crippen molar-refractivity contribution in [2.45, 2.75) is 45.3 Å². The molecule has 12 nitrogen and oxygen atoms in total. The van der Waals surface area contributed by atoms with Crippen molar-refractivity contribution in [1.29, 1.82) is 0 Å². The van der Waals surface area contributed by atoms with E-state index in [1.807, 2.05) is 0 Å². The van der Waals surface area contributed by atoms with E-state index in [0.717, 1.165) is 12.2 Å². The van der Waals surface area contributed by atoms with Gasteiger partial charge in [-0.15, -0.1) is 0 Å². The highest BCUT2D eigenvalue weighted by molar-refractivity contribution is 6.30. The summed E-state index contributed by atoms with van der Waals surface area (Å²) in [5.74, 6) is -5.56. The molecule has 2 atom stereocenters. The molecule has 0 aliphatic carbocycles. The molecule has 0 rings (SSSR count). The molecule has 12 heteroatoms. The molecule has 0 aliphatic heterocycles. The maximum atomic E-state index is 11.6. The highest BCUT2D eigenvalue weighted by Gasteiger charge is 2.21. The molecule has 0 saturated heterocycles. The number of rotatable bonds is 14. The number of carbonyl (C=O) groups is 6. The Kier molecular flexibility index (Phi) is 15.0. The van der Waals surface area contributed by atoms with Gasteiger partial charge in [-0.3, -0.25) is 9.59 Å². The second kappa shape index (κ2) is 16.9. The monoisotopic (exact) mass is 470 g/mol. The molecule has 33 heavy (non-hydrogen) atoms. The number of nitrogens with one attached hydrogen (secondary N) is 2. The van der Waals surface area contributed by atoms with Crippen LogP contribution in [-0.2, 0) is 47.7 Å². The number of hydrogen-bond acceptors (Lipinski definition) is 10. The molecule has 0 fully saturated rings. The first-order valence-electron chi connectivity index (χ1n) is 10.2. The van der Waals surface area contributed by atoms with Crippen LogP contribution in [0.25, 0.3) is 0 Å². The van der Waals surface area contributed by atoms with E-state index in [1.54, 1.807) is 0 Å². The normalized spacial score (nSPS) is 11.7. The molecule has 0 aromatic carbocycles. The molecular weight excluding hydrogens is 440 g/mol. The van der Waals surface area contributed by atoms with E-state index in [9.17, 15) is 28.8 Å². The van der Waals surface area contributed by atoms with E-state index in [1.165, 1.54) is 13.8 Å². The molecule has 0 heterocycles. The zero-order valence-electron chi connectivity index (χ0n) is 18.8.